The minimum absolute atomic E-state index is 0.103. The number of amides is 3. The number of hydrogen-bond donors (Lipinski definition) is 5. The van der Waals surface area contributed by atoms with Gasteiger partial charge in [0.2, 0.25) is 17.7 Å². The molecule has 0 bridgehead atoms. The third-order valence-corrected chi connectivity index (χ3v) is 5.60. The number of carbonyl (C=O) groups is 3. The van der Waals surface area contributed by atoms with Crippen molar-refractivity contribution in [1.82, 2.24) is 16.0 Å². The van der Waals surface area contributed by atoms with Gasteiger partial charge < -0.3 is 27.4 Å². The zero-order valence-corrected chi connectivity index (χ0v) is 20.0. The number of carbonyl (C=O) groups excluding carboxylic acids is 3. The molecule has 174 valence electrons. The van der Waals surface area contributed by atoms with Crippen LogP contribution in [-0.4, -0.2) is 47.9 Å². The topological polar surface area (TPSA) is 139 Å². The highest BCUT2D eigenvalue weighted by Crippen LogP contribution is 2.28. The van der Waals surface area contributed by atoms with Gasteiger partial charge in [-0.2, -0.15) is 0 Å². The van der Waals surface area contributed by atoms with E-state index in [9.17, 15) is 14.4 Å². The van der Waals surface area contributed by atoms with Crippen LogP contribution in [-0.2, 0) is 14.4 Å². The first-order valence-corrected chi connectivity index (χ1v) is 10.8. The maximum Gasteiger partial charge on any atom is 0.240 e. The van der Waals surface area contributed by atoms with Crippen molar-refractivity contribution in [3.05, 3.63) is 0 Å². The third kappa shape index (κ3) is 8.60. The molecule has 3 amide bonds. The van der Waals surface area contributed by atoms with Crippen molar-refractivity contribution in [2.75, 3.05) is 6.54 Å². The molecular weight excluding hydrogens is 382 g/mol. The number of rotatable bonds is 9. The maximum atomic E-state index is 13.1. The molecule has 1 aliphatic heterocycles. The fraction of sp³-hybridized carbons (Fsp3) is 0.864. The van der Waals surface area contributed by atoms with Crippen LogP contribution in [0.4, 0.5) is 0 Å². The Morgan fingerprint density at radius 3 is 2.13 bits per heavy atom. The van der Waals surface area contributed by atoms with Crippen molar-refractivity contribution >= 4 is 17.7 Å². The summed E-state index contributed by atoms with van der Waals surface area (Å²) in [4.78, 5) is 37.3. The maximum absolute atomic E-state index is 13.1. The SMILES string of the molecule is CC(C)(C)CC(NCC(N)C(C)(C)C)C(=O)NC(CC1CC(C)(C)NC1=O)C(N)=O. The molecule has 1 aliphatic rings. The van der Waals surface area contributed by atoms with Gasteiger partial charge in [0, 0.05) is 24.0 Å². The molecule has 4 atom stereocenters. The Morgan fingerprint density at radius 2 is 1.73 bits per heavy atom. The molecule has 0 saturated carbocycles. The quantitative estimate of drug-likeness (QED) is 0.375. The Kier molecular flexibility index (Phi) is 8.47. The summed E-state index contributed by atoms with van der Waals surface area (Å²) >= 11 is 0. The molecule has 4 unspecified atom stereocenters. The van der Waals surface area contributed by atoms with Crippen molar-refractivity contribution in [3.8, 4) is 0 Å². The minimum Gasteiger partial charge on any atom is -0.368 e. The van der Waals surface area contributed by atoms with Crippen LogP contribution in [0.5, 0.6) is 0 Å². The van der Waals surface area contributed by atoms with Crippen LogP contribution in [0.1, 0.15) is 74.7 Å². The Morgan fingerprint density at radius 1 is 1.17 bits per heavy atom. The predicted molar refractivity (Wildman–Crippen MR) is 119 cm³/mol. The normalized spacial score (nSPS) is 22.2. The van der Waals surface area contributed by atoms with E-state index in [-0.39, 0.29) is 46.6 Å². The van der Waals surface area contributed by atoms with Gasteiger partial charge in [-0.1, -0.05) is 41.5 Å². The first kappa shape index (κ1) is 26.4. The number of nitrogens with one attached hydrogen (secondary N) is 3. The van der Waals surface area contributed by atoms with Crippen LogP contribution in [0.3, 0.4) is 0 Å². The standard InChI is InChI=1S/C22H43N5O3/c1-20(2,3)11-15(25-12-16(23)21(4,5)6)19(30)26-14(17(24)28)9-13-10-22(7,8)27-18(13)29/h13-16,25H,9-12,23H2,1-8H3,(H2,24,28)(H,26,30)(H,27,29). The predicted octanol–water partition coefficient (Wildman–Crippen LogP) is 1.03. The highest BCUT2D eigenvalue weighted by atomic mass is 16.2. The molecule has 0 radical (unpaired) electrons. The Labute approximate surface area is 181 Å². The average molecular weight is 426 g/mol. The first-order valence-electron chi connectivity index (χ1n) is 10.8. The lowest BCUT2D eigenvalue weighted by atomic mass is 9.85. The van der Waals surface area contributed by atoms with Gasteiger partial charge in [0.15, 0.2) is 0 Å². The summed E-state index contributed by atoms with van der Waals surface area (Å²) in [5.74, 6) is -1.41. The molecule has 1 fully saturated rings. The van der Waals surface area contributed by atoms with Crippen molar-refractivity contribution in [1.29, 1.82) is 0 Å². The second kappa shape index (κ2) is 9.64. The fourth-order valence-corrected chi connectivity index (χ4v) is 3.63. The van der Waals surface area contributed by atoms with Gasteiger partial charge in [0.1, 0.15) is 6.04 Å². The third-order valence-electron chi connectivity index (χ3n) is 5.60. The molecule has 0 aromatic heterocycles. The Bertz CT molecular complexity index is 634. The van der Waals surface area contributed by atoms with Crippen molar-refractivity contribution < 1.29 is 14.4 Å². The van der Waals surface area contributed by atoms with E-state index in [4.69, 9.17) is 11.5 Å². The highest BCUT2D eigenvalue weighted by molar-refractivity contribution is 5.90. The average Bonchev–Trinajstić information content (AvgIpc) is 2.79. The van der Waals surface area contributed by atoms with Gasteiger partial charge >= 0.3 is 0 Å². The Balaban J connectivity index is 2.87. The van der Waals surface area contributed by atoms with Gasteiger partial charge in [-0.15, -0.1) is 0 Å². The first-order chi connectivity index (χ1) is 13.4. The number of hydrogen-bond acceptors (Lipinski definition) is 5. The summed E-state index contributed by atoms with van der Waals surface area (Å²) in [7, 11) is 0. The molecule has 30 heavy (non-hydrogen) atoms. The molecule has 1 rings (SSSR count). The van der Waals surface area contributed by atoms with Crippen LogP contribution in [0.25, 0.3) is 0 Å². The van der Waals surface area contributed by atoms with E-state index in [1.807, 2.05) is 13.8 Å². The van der Waals surface area contributed by atoms with E-state index >= 15 is 0 Å². The fourth-order valence-electron chi connectivity index (χ4n) is 3.63. The van der Waals surface area contributed by atoms with E-state index in [0.29, 0.717) is 19.4 Å². The summed E-state index contributed by atoms with van der Waals surface area (Å²) < 4.78 is 0. The lowest BCUT2D eigenvalue weighted by Crippen LogP contribution is -2.55. The van der Waals surface area contributed by atoms with Crippen molar-refractivity contribution in [2.24, 2.45) is 28.2 Å². The molecule has 0 aromatic carbocycles. The lowest BCUT2D eigenvalue weighted by molar-refractivity contribution is -0.130. The molecule has 0 spiro atoms. The molecule has 7 N–H and O–H groups in total. The van der Waals surface area contributed by atoms with E-state index in [0.717, 1.165) is 0 Å². The van der Waals surface area contributed by atoms with E-state index in [1.165, 1.54) is 0 Å². The minimum atomic E-state index is -0.900. The van der Waals surface area contributed by atoms with Crippen LogP contribution >= 0.6 is 0 Å². The van der Waals surface area contributed by atoms with E-state index < -0.39 is 18.0 Å². The molecule has 8 heteroatoms. The van der Waals surface area contributed by atoms with Crippen LogP contribution in [0.2, 0.25) is 0 Å². The van der Waals surface area contributed by atoms with Crippen molar-refractivity contribution in [3.63, 3.8) is 0 Å². The number of primary amides is 1. The van der Waals surface area contributed by atoms with E-state index in [1.54, 1.807) is 0 Å². The zero-order chi connectivity index (χ0) is 23.5. The largest absolute Gasteiger partial charge is 0.368 e. The Hall–Kier alpha value is -1.67. The second-order valence-corrected chi connectivity index (χ2v) is 11.7. The molecule has 0 aromatic rings. The summed E-state index contributed by atoms with van der Waals surface area (Å²) in [6.45, 7) is 16.6. The van der Waals surface area contributed by atoms with Gasteiger partial charge in [-0.3, -0.25) is 14.4 Å². The monoisotopic (exact) mass is 425 g/mol. The lowest BCUT2D eigenvalue weighted by Gasteiger charge is -2.32. The summed E-state index contributed by atoms with van der Waals surface area (Å²) in [5.41, 5.74) is 11.3. The summed E-state index contributed by atoms with van der Waals surface area (Å²) in [6.07, 6.45) is 1.35. The van der Waals surface area contributed by atoms with Gasteiger partial charge in [0.05, 0.1) is 6.04 Å². The molecule has 8 nitrogen and oxygen atoms in total. The van der Waals surface area contributed by atoms with Crippen molar-refractivity contribution in [2.45, 2.75) is 98.3 Å². The molecule has 0 aliphatic carbocycles. The van der Waals surface area contributed by atoms with Gasteiger partial charge in [0.25, 0.3) is 0 Å². The van der Waals surface area contributed by atoms with Crippen LogP contribution in [0, 0.1) is 16.7 Å². The zero-order valence-electron chi connectivity index (χ0n) is 20.0. The van der Waals surface area contributed by atoms with Gasteiger partial charge in [-0.05, 0) is 43.9 Å². The van der Waals surface area contributed by atoms with Crippen LogP contribution < -0.4 is 27.4 Å². The van der Waals surface area contributed by atoms with Crippen LogP contribution in [0.15, 0.2) is 0 Å². The van der Waals surface area contributed by atoms with Gasteiger partial charge in [-0.25, -0.2) is 0 Å². The highest BCUT2D eigenvalue weighted by Gasteiger charge is 2.40. The molecular formula is C22H43N5O3. The smallest absolute Gasteiger partial charge is 0.240 e. The van der Waals surface area contributed by atoms with E-state index in [2.05, 4.69) is 57.5 Å². The molecule has 1 saturated heterocycles. The second-order valence-electron chi connectivity index (χ2n) is 11.7. The number of nitrogens with two attached hydrogens (primary N) is 2. The summed E-state index contributed by atoms with van der Waals surface area (Å²) in [6, 6.07) is -1.55. The molecule has 1 heterocycles. The summed E-state index contributed by atoms with van der Waals surface area (Å²) in [5, 5.41) is 8.96.